The molecule has 0 unspecified atom stereocenters. The van der Waals surface area contributed by atoms with Gasteiger partial charge in [-0.15, -0.1) is 22.7 Å². The molecule has 0 spiro atoms. The number of para-hydroxylation sites is 4. The number of phenolic OH excluding ortho intramolecular Hbond substituents is 1. The number of rotatable bonds is 10. The van der Waals surface area contributed by atoms with Gasteiger partial charge >= 0.3 is 0 Å². The summed E-state index contributed by atoms with van der Waals surface area (Å²) in [7, 11) is 4.64. The van der Waals surface area contributed by atoms with Crippen molar-refractivity contribution in [3.05, 3.63) is 270 Å². The summed E-state index contributed by atoms with van der Waals surface area (Å²) in [5.41, 5.74) is 13.8. The van der Waals surface area contributed by atoms with E-state index in [0.717, 1.165) is 75.4 Å². The summed E-state index contributed by atoms with van der Waals surface area (Å²) in [4.78, 5) is 32.6. The summed E-state index contributed by atoms with van der Waals surface area (Å²) in [6, 6.07) is 60.8. The Kier molecular flexibility index (Phi) is 29.8. The average molecular weight is 1750 g/mol. The number of thiocarbonyl (C=S) groups is 1. The van der Waals surface area contributed by atoms with Crippen molar-refractivity contribution >= 4 is 238 Å². The SMILES string of the molecule is COc1ccccc1C(=O)Cl.COc1ccccc1C(=O)Nc1ccc(Br)cc1Cl.COc1ccccc1C(=S)Nc1ccc(Br)cc1Cl.Cc1ccccc1-c1nc2c(Cl)cc(Br)cc2s1.Nc1ccc(Br)cc1Cl.Oc1ccccc1-c1nc2c(Cl)cc(Br)cc2s1. The number of halogens is 11. The molecular weight excluding hydrogens is 1700 g/mol. The summed E-state index contributed by atoms with van der Waals surface area (Å²) in [6.45, 7) is 2.10. The molecule has 0 aliphatic heterocycles. The summed E-state index contributed by atoms with van der Waals surface area (Å²) < 4.78 is 22.1. The van der Waals surface area contributed by atoms with Crippen molar-refractivity contribution in [2.75, 3.05) is 37.7 Å². The molecule has 482 valence electrons. The van der Waals surface area contributed by atoms with Crippen LogP contribution in [0, 0.1) is 6.92 Å². The lowest BCUT2D eigenvalue weighted by molar-refractivity contribution is 0.102. The minimum atomic E-state index is -0.498. The van der Waals surface area contributed by atoms with E-state index in [1.54, 1.807) is 97.3 Å². The van der Waals surface area contributed by atoms with Crippen LogP contribution in [0.1, 0.15) is 31.8 Å². The molecule has 0 fully saturated rings. The first-order valence-corrected chi connectivity index (χ1v) is 35.4. The van der Waals surface area contributed by atoms with Gasteiger partial charge in [0, 0.05) is 27.9 Å². The first kappa shape index (κ1) is 75.5. The molecule has 2 heterocycles. The fourth-order valence-corrected chi connectivity index (χ4v) is 15.0. The lowest BCUT2D eigenvalue weighted by Crippen LogP contribution is -2.13. The van der Waals surface area contributed by atoms with E-state index in [9.17, 15) is 14.7 Å². The molecule has 0 aliphatic carbocycles. The molecule has 0 aliphatic rings. The van der Waals surface area contributed by atoms with Gasteiger partial charge < -0.3 is 35.7 Å². The standard InChI is InChI=1S/C14H11BrClNO2.C14H11BrClNOS.C14H9BrClNS.C13H7BrClNOS.C8H7ClO2.C6H5BrClN/c1-19-13-5-3-2-4-10(13)14(18)17-12-7-6-9(15)8-11(12)16;1-18-13-5-3-2-4-10(13)14(19)17-12-7-6-9(15)8-11(12)16;1-8-4-2-3-5-10(8)14-17-13-11(16)6-9(15)7-12(13)18-14;14-7-5-9(15)12-11(6-7)18-13(16-12)8-3-1-2-4-10(8)17;1-11-7-5-3-2-4-6(7)8(9)10;7-4-1-2-6(9)5(8)3-4/h2-8H,1H3,(H,17,18);2-8H,1H3,(H,17,19);2-7H,1H3;1-6,17H;2-5H,1H3;1-3H,9H2. The van der Waals surface area contributed by atoms with E-state index in [-0.39, 0.29) is 11.7 Å². The third-order valence-corrected chi connectivity index (χ3v) is 19.2. The zero-order valence-corrected chi connectivity index (χ0v) is 64.3. The number of hydrogen-bond acceptors (Lipinski definition) is 12. The molecular formula is C69H50Br5Cl6N5O6S3. The number of hydrogen-bond donors (Lipinski definition) is 4. The lowest BCUT2D eigenvalue weighted by Gasteiger charge is -2.12. The van der Waals surface area contributed by atoms with E-state index in [4.69, 9.17) is 102 Å². The zero-order valence-electron chi connectivity index (χ0n) is 49.4. The Hall–Kier alpha value is -5.85. The quantitative estimate of drug-likeness (QED) is 0.0587. The monoisotopic (exact) mass is 1740 g/mol. The van der Waals surface area contributed by atoms with E-state index in [2.05, 4.69) is 125 Å². The number of aromatic hydroxyl groups is 1. The van der Waals surface area contributed by atoms with E-state index in [1.807, 2.05) is 103 Å². The van der Waals surface area contributed by atoms with Crippen molar-refractivity contribution in [2.24, 2.45) is 0 Å². The Bertz CT molecular complexity index is 4430. The van der Waals surface area contributed by atoms with Gasteiger partial charge in [0.25, 0.3) is 11.1 Å². The molecule has 11 nitrogen and oxygen atoms in total. The molecule has 12 rings (SSSR count). The van der Waals surface area contributed by atoms with Gasteiger partial charge in [-0.2, -0.15) is 0 Å². The molecule has 94 heavy (non-hydrogen) atoms. The van der Waals surface area contributed by atoms with Crippen LogP contribution in [0.3, 0.4) is 0 Å². The number of phenols is 1. The highest BCUT2D eigenvalue weighted by Crippen LogP contribution is 2.40. The molecule has 0 radical (unpaired) electrons. The Balaban J connectivity index is 0.000000162. The van der Waals surface area contributed by atoms with Crippen LogP contribution in [0.5, 0.6) is 23.0 Å². The number of anilines is 3. The maximum Gasteiger partial charge on any atom is 0.259 e. The molecule has 10 aromatic carbocycles. The van der Waals surface area contributed by atoms with Crippen molar-refractivity contribution in [1.82, 2.24) is 9.97 Å². The van der Waals surface area contributed by atoms with Crippen molar-refractivity contribution in [3.63, 3.8) is 0 Å². The molecule has 0 atom stereocenters. The van der Waals surface area contributed by atoms with E-state index < -0.39 is 5.24 Å². The van der Waals surface area contributed by atoms with Gasteiger partial charge in [-0.1, -0.05) is 223 Å². The fourth-order valence-electron chi connectivity index (χ4n) is 8.15. The van der Waals surface area contributed by atoms with Crippen LogP contribution in [-0.2, 0) is 0 Å². The molecule has 0 saturated heterocycles. The maximum atomic E-state index is 12.2. The largest absolute Gasteiger partial charge is 0.507 e. The molecule has 0 saturated carbocycles. The van der Waals surface area contributed by atoms with Crippen molar-refractivity contribution in [3.8, 4) is 44.1 Å². The number of nitrogens with two attached hydrogens (primary N) is 1. The molecule has 1 amide bonds. The number of aryl methyl sites for hydroxylation is 1. The second-order valence-corrected chi connectivity index (χ2v) is 28.5. The Morgan fingerprint density at radius 1 is 0.479 bits per heavy atom. The summed E-state index contributed by atoms with van der Waals surface area (Å²) in [6.07, 6.45) is 0. The lowest BCUT2D eigenvalue weighted by atomic mass is 10.1. The Labute approximate surface area is 628 Å². The molecule has 25 heteroatoms. The van der Waals surface area contributed by atoms with Crippen LogP contribution in [0.2, 0.25) is 25.1 Å². The van der Waals surface area contributed by atoms with Crippen molar-refractivity contribution in [2.45, 2.75) is 6.92 Å². The fraction of sp³-hybridized carbons (Fsp3) is 0.0580. The van der Waals surface area contributed by atoms with E-state index >= 15 is 0 Å². The second-order valence-electron chi connectivity index (χ2n) is 19.0. The van der Waals surface area contributed by atoms with Gasteiger partial charge in [-0.25, -0.2) is 9.97 Å². The first-order chi connectivity index (χ1) is 45.0. The van der Waals surface area contributed by atoms with Crippen LogP contribution >= 0.6 is 184 Å². The number of nitrogens with zero attached hydrogens (tertiary/aromatic N) is 2. The summed E-state index contributed by atoms with van der Waals surface area (Å²) in [5, 5.41) is 20.0. The predicted molar refractivity (Wildman–Crippen MR) is 416 cm³/mol. The number of fused-ring (bicyclic) bond motifs is 2. The third-order valence-electron chi connectivity index (χ3n) is 12.7. The Morgan fingerprint density at radius 3 is 1.33 bits per heavy atom. The second kappa shape index (κ2) is 37.0. The van der Waals surface area contributed by atoms with Crippen molar-refractivity contribution < 1.29 is 28.9 Å². The van der Waals surface area contributed by atoms with Gasteiger partial charge in [0.1, 0.15) is 49.0 Å². The number of ether oxygens (including phenoxy) is 3. The van der Waals surface area contributed by atoms with Gasteiger partial charge in [-0.05, 0) is 151 Å². The zero-order chi connectivity index (χ0) is 68.2. The Morgan fingerprint density at radius 2 is 0.872 bits per heavy atom. The summed E-state index contributed by atoms with van der Waals surface area (Å²) >= 11 is 60.9. The minimum absolute atomic E-state index is 0.228. The topological polar surface area (TPSA) is 158 Å². The molecule has 5 N–H and O–H groups in total. The van der Waals surface area contributed by atoms with Crippen LogP contribution in [0.4, 0.5) is 17.1 Å². The van der Waals surface area contributed by atoms with Gasteiger partial charge in [-0.3, -0.25) is 9.59 Å². The van der Waals surface area contributed by atoms with Gasteiger partial charge in [0.15, 0.2) is 0 Å². The van der Waals surface area contributed by atoms with Crippen LogP contribution < -0.4 is 30.6 Å². The molecule has 2 aromatic heterocycles. The van der Waals surface area contributed by atoms with E-state index in [0.29, 0.717) is 64.1 Å². The third kappa shape index (κ3) is 21.6. The van der Waals surface area contributed by atoms with Crippen LogP contribution in [0.25, 0.3) is 41.6 Å². The number of thiazole rings is 2. The number of methoxy groups -OCH3 is 3. The average Bonchev–Trinajstić information content (AvgIpc) is 1.66. The van der Waals surface area contributed by atoms with Crippen LogP contribution in [-0.4, -0.2) is 52.5 Å². The number of aromatic nitrogens is 2. The number of benzene rings is 10. The minimum Gasteiger partial charge on any atom is -0.507 e. The number of carbonyl (C=O) groups is 2. The number of nitrogen functional groups attached to an aromatic ring is 1. The molecule has 0 bridgehead atoms. The van der Waals surface area contributed by atoms with Gasteiger partial charge in [0.05, 0.1) is 95.2 Å². The van der Waals surface area contributed by atoms with Gasteiger partial charge in [0.2, 0.25) is 0 Å². The molecule has 12 aromatic rings. The highest BCUT2D eigenvalue weighted by Gasteiger charge is 2.17. The number of carbonyl (C=O) groups excluding carboxylic acids is 2. The predicted octanol–water partition coefficient (Wildman–Crippen LogP) is 24.8. The maximum absolute atomic E-state index is 12.2. The number of nitrogens with one attached hydrogen (secondary N) is 2. The summed E-state index contributed by atoms with van der Waals surface area (Å²) in [5.74, 6) is 1.72. The highest BCUT2D eigenvalue weighted by atomic mass is 79.9. The highest BCUT2D eigenvalue weighted by molar-refractivity contribution is 9.11. The normalized spacial score (nSPS) is 10.3. The smallest absolute Gasteiger partial charge is 0.259 e. The van der Waals surface area contributed by atoms with E-state index in [1.165, 1.54) is 36.7 Å². The number of amides is 1. The van der Waals surface area contributed by atoms with Crippen molar-refractivity contribution in [1.29, 1.82) is 0 Å². The van der Waals surface area contributed by atoms with Crippen LogP contribution in [0.15, 0.2) is 223 Å². The first-order valence-electron chi connectivity index (χ1n) is 27.2.